The Balaban J connectivity index is 1.98. The van der Waals surface area contributed by atoms with Crippen molar-refractivity contribution < 1.29 is 19.1 Å². The number of urea groups is 1. The number of amides is 2. The summed E-state index contributed by atoms with van der Waals surface area (Å²) in [6, 6.07) is 8.53. The Bertz CT molecular complexity index is 1050. The summed E-state index contributed by atoms with van der Waals surface area (Å²) in [5, 5.41) is 6.15. The molecular formula is C23H25ClN2O4. The molecule has 1 aliphatic heterocycles. The van der Waals surface area contributed by atoms with Crippen molar-refractivity contribution in [2.75, 3.05) is 7.11 Å². The van der Waals surface area contributed by atoms with Crippen LogP contribution in [-0.4, -0.2) is 19.1 Å². The van der Waals surface area contributed by atoms with E-state index in [2.05, 4.69) is 10.6 Å². The Morgan fingerprint density at radius 2 is 1.87 bits per heavy atom. The number of carbonyl (C=O) groups excluding carboxylic acids is 2. The maximum atomic E-state index is 12.4. The Kier molecular flexibility index (Phi) is 6.37. The molecule has 2 aromatic carbocycles. The van der Waals surface area contributed by atoms with Crippen molar-refractivity contribution in [1.82, 2.24) is 10.6 Å². The summed E-state index contributed by atoms with van der Waals surface area (Å²) in [7, 11) is 1.33. The standard InChI is InChI=1S/C23H25ClN2O4/c1-12-8-16(11-30-19-7-6-17(24)10-13(19)2)14(3)18(9-12)21-20(22(27)29-5)15(4)25-23(28)26-21/h6-10,21H,11H2,1-5H3,(H2,25,26,28). The molecule has 0 radical (unpaired) electrons. The van der Waals surface area contributed by atoms with Crippen molar-refractivity contribution in [2.24, 2.45) is 0 Å². The van der Waals surface area contributed by atoms with Crippen molar-refractivity contribution >= 4 is 23.6 Å². The van der Waals surface area contributed by atoms with E-state index < -0.39 is 12.0 Å². The van der Waals surface area contributed by atoms with Gasteiger partial charge in [0.15, 0.2) is 0 Å². The molecule has 0 saturated heterocycles. The van der Waals surface area contributed by atoms with Crippen LogP contribution in [0.3, 0.4) is 0 Å². The number of ether oxygens (including phenoxy) is 2. The highest BCUT2D eigenvalue weighted by Gasteiger charge is 2.33. The minimum atomic E-state index is -0.609. The lowest BCUT2D eigenvalue weighted by atomic mass is 9.89. The zero-order chi connectivity index (χ0) is 22.0. The number of aryl methyl sites for hydroxylation is 2. The van der Waals surface area contributed by atoms with Gasteiger partial charge in [0.05, 0.1) is 18.7 Å². The number of hydrogen-bond donors (Lipinski definition) is 2. The Labute approximate surface area is 181 Å². The molecule has 2 amide bonds. The second kappa shape index (κ2) is 8.79. The topological polar surface area (TPSA) is 76.7 Å². The molecule has 1 heterocycles. The molecule has 0 saturated carbocycles. The summed E-state index contributed by atoms with van der Waals surface area (Å²) in [6.45, 7) is 7.91. The van der Waals surface area contributed by atoms with E-state index in [1.807, 2.05) is 45.0 Å². The van der Waals surface area contributed by atoms with Gasteiger partial charge in [-0.1, -0.05) is 29.3 Å². The van der Waals surface area contributed by atoms with Crippen molar-refractivity contribution in [2.45, 2.75) is 40.3 Å². The number of halogens is 1. The van der Waals surface area contributed by atoms with Gasteiger partial charge in [0, 0.05) is 10.7 Å². The summed E-state index contributed by atoms with van der Waals surface area (Å²) in [4.78, 5) is 24.5. The monoisotopic (exact) mass is 428 g/mol. The fourth-order valence-corrected chi connectivity index (χ4v) is 3.88. The van der Waals surface area contributed by atoms with Gasteiger partial charge in [-0.2, -0.15) is 0 Å². The zero-order valence-electron chi connectivity index (χ0n) is 17.7. The van der Waals surface area contributed by atoms with Crippen molar-refractivity contribution in [3.05, 3.63) is 74.4 Å². The number of allylic oxidation sites excluding steroid dienone is 1. The Hall–Kier alpha value is -2.99. The zero-order valence-corrected chi connectivity index (χ0v) is 18.4. The van der Waals surface area contributed by atoms with Gasteiger partial charge >= 0.3 is 12.0 Å². The molecule has 1 atom stereocenters. The van der Waals surface area contributed by atoms with Gasteiger partial charge in [-0.05, 0) is 68.1 Å². The number of esters is 1. The molecule has 1 unspecified atom stereocenters. The molecular weight excluding hydrogens is 404 g/mol. The molecule has 2 aromatic rings. The highest BCUT2D eigenvalue weighted by Crippen LogP contribution is 2.32. The fourth-order valence-electron chi connectivity index (χ4n) is 3.65. The van der Waals surface area contributed by atoms with Gasteiger partial charge in [0.2, 0.25) is 0 Å². The van der Waals surface area contributed by atoms with Gasteiger partial charge in [0.25, 0.3) is 0 Å². The van der Waals surface area contributed by atoms with Crippen molar-refractivity contribution in [3.63, 3.8) is 0 Å². The fraction of sp³-hybridized carbons (Fsp3) is 0.304. The molecule has 2 N–H and O–H groups in total. The van der Waals surface area contributed by atoms with E-state index in [1.165, 1.54) is 7.11 Å². The highest BCUT2D eigenvalue weighted by molar-refractivity contribution is 6.30. The molecule has 158 valence electrons. The molecule has 3 rings (SSSR count). The maximum Gasteiger partial charge on any atom is 0.337 e. The number of hydrogen-bond acceptors (Lipinski definition) is 4. The maximum absolute atomic E-state index is 12.4. The number of benzene rings is 2. The molecule has 0 spiro atoms. The van der Waals surface area contributed by atoms with Crippen LogP contribution in [0.4, 0.5) is 4.79 Å². The first kappa shape index (κ1) is 21.7. The van der Waals surface area contributed by atoms with E-state index in [4.69, 9.17) is 21.1 Å². The lowest BCUT2D eigenvalue weighted by Gasteiger charge is -2.29. The number of nitrogens with one attached hydrogen (secondary N) is 2. The van der Waals surface area contributed by atoms with Crippen molar-refractivity contribution in [3.8, 4) is 5.75 Å². The van der Waals surface area contributed by atoms with Crippen molar-refractivity contribution in [1.29, 1.82) is 0 Å². The largest absolute Gasteiger partial charge is 0.489 e. The van der Waals surface area contributed by atoms with Crippen LogP contribution in [0.1, 0.15) is 40.8 Å². The predicted octanol–water partition coefficient (Wildman–Crippen LogP) is 4.65. The lowest BCUT2D eigenvalue weighted by molar-refractivity contribution is -0.136. The first-order valence-corrected chi connectivity index (χ1v) is 9.94. The van der Waals surface area contributed by atoms with Gasteiger partial charge in [0.1, 0.15) is 12.4 Å². The van der Waals surface area contributed by atoms with E-state index in [0.29, 0.717) is 22.9 Å². The lowest BCUT2D eigenvalue weighted by Crippen LogP contribution is -2.45. The normalized spacial score (nSPS) is 16.1. The molecule has 0 bridgehead atoms. The van der Waals surface area contributed by atoms with Gasteiger partial charge in [-0.15, -0.1) is 0 Å². The Morgan fingerprint density at radius 1 is 1.13 bits per heavy atom. The summed E-state index contributed by atoms with van der Waals surface area (Å²) >= 11 is 6.02. The summed E-state index contributed by atoms with van der Waals surface area (Å²) < 4.78 is 11.0. The second-order valence-corrected chi connectivity index (χ2v) is 7.83. The SMILES string of the molecule is COC(=O)C1=C(C)NC(=O)NC1c1cc(C)cc(COc2ccc(Cl)cc2C)c1C. The minimum Gasteiger partial charge on any atom is -0.489 e. The van der Waals surface area contributed by atoms with E-state index in [9.17, 15) is 9.59 Å². The van der Waals surface area contributed by atoms with E-state index in [1.54, 1.807) is 13.0 Å². The number of carbonyl (C=O) groups is 2. The van der Waals surface area contributed by atoms with Gasteiger partial charge < -0.3 is 20.1 Å². The van der Waals surface area contributed by atoms with Crippen LogP contribution in [0.25, 0.3) is 0 Å². The van der Waals surface area contributed by atoms with Crippen LogP contribution in [0, 0.1) is 20.8 Å². The van der Waals surface area contributed by atoms with Crippen LogP contribution in [0.5, 0.6) is 5.75 Å². The quantitative estimate of drug-likeness (QED) is 0.680. The third-order valence-corrected chi connectivity index (χ3v) is 5.44. The average molecular weight is 429 g/mol. The predicted molar refractivity (Wildman–Crippen MR) is 116 cm³/mol. The average Bonchev–Trinajstić information content (AvgIpc) is 2.68. The van der Waals surface area contributed by atoms with Gasteiger partial charge in [-0.25, -0.2) is 9.59 Å². The molecule has 0 aliphatic carbocycles. The van der Waals surface area contributed by atoms with Crippen LogP contribution in [-0.2, 0) is 16.1 Å². The summed E-state index contributed by atoms with van der Waals surface area (Å²) in [5.41, 5.74) is 5.54. The summed E-state index contributed by atoms with van der Waals surface area (Å²) in [5.74, 6) is 0.267. The van der Waals surface area contributed by atoms with E-state index in [0.717, 1.165) is 33.6 Å². The van der Waals surface area contributed by atoms with Crippen LogP contribution in [0.15, 0.2) is 41.6 Å². The van der Waals surface area contributed by atoms with E-state index >= 15 is 0 Å². The molecule has 30 heavy (non-hydrogen) atoms. The third-order valence-electron chi connectivity index (χ3n) is 5.21. The van der Waals surface area contributed by atoms with E-state index in [-0.39, 0.29) is 6.03 Å². The molecule has 6 nitrogen and oxygen atoms in total. The third kappa shape index (κ3) is 4.44. The Morgan fingerprint density at radius 3 is 2.53 bits per heavy atom. The number of methoxy groups -OCH3 is 1. The number of rotatable bonds is 5. The second-order valence-electron chi connectivity index (χ2n) is 7.40. The minimum absolute atomic E-state index is 0.345. The highest BCUT2D eigenvalue weighted by atomic mass is 35.5. The smallest absolute Gasteiger partial charge is 0.337 e. The first-order valence-electron chi connectivity index (χ1n) is 9.56. The van der Waals surface area contributed by atoms with Gasteiger partial charge in [-0.3, -0.25) is 0 Å². The molecule has 0 fully saturated rings. The van der Waals surface area contributed by atoms with Crippen LogP contribution < -0.4 is 15.4 Å². The molecule has 7 heteroatoms. The molecule has 0 aromatic heterocycles. The van der Waals surface area contributed by atoms with Crippen LogP contribution in [0.2, 0.25) is 5.02 Å². The molecule has 1 aliphatic rings. The first-order chi connectivity index (χ1) is 14.2. The summed E-state index contributed by atoms with van der Waals surface area (Å²) in [6.07, 6.45) is 0. The van der Waals surface area contributed by atoms with Crippen LogP contribution >= 0.6 is 11.6 Å².